The zero-order chi connectivity index (χ0) is 24.4. The van der Waals surface area contributed by atoms with Crippen molar-refractivity contribution in [1.82, 2.24) is 15.2 Å². The number of carbonyl (C=O) groups is 4. The number of rotatable bonds is 8. The number of ether oxygens (including phenoxy) is 1. The van der Waals surface area contributed by atoms with Crippen molar-refractivity contribution in [2.24, 2.45) is 11.7 Å². The molecule has 1 saturated carbocycles. The van der Waals surface area contributed by atoms with Gasteiger partial charge in [0.2, 0.25) is 0 Å². The molecule has 2 atom stereocenters. The summed E-state index contributed by atoms with van der Waals surface area (Å²) in [6.07, 6.45) is 6.15. The average molecular weight is 508 g/mol. The van der Waals surface area contributed by atoms with Crippen molar-refractivity contribution in [3.05, 3.63) is 28.4 Å². The molecule has 11 nitrogen and oxygen atoms in total. The minimum absolute atomic E-state index is 0.211. The molecule has 3 heterocycles. The van der Waals surface area contributed by atoms with E-state index in [-0.39, 0.29) is 23.6 Å². The zero-order valence-corrected chi connectivity index (χ0v) is 19.8. The smallest absolute Gasteiger partial charge is 0.404 e. The fraction of sp³-hybridized carbons (Fsp3) is 0.476. The van der Waals surface area contributed by atoms with Crippen LogP contribution < -0.4 is 16.8 Å². The number of primary amides is 1. The molecule has 0 radical (unpaired) electrons. The number of β-lactam (4-membered cyclic amide) rings is 1. The Morgan fingerprint density at radius 1 is 1.32 bits per heavy atom. The number of nitrogen functional groups attached to an aromatic ring is 1. The highest BCUT2D eigenvalue weighted by Gasteiger charge is 2.54. The van der Waals surface area contributed by atoms with E-state index in [0.29, 0.717) is 22.3 Å². The average Bonchev–Trinajstić information content (AvgIpc) is 3.47. The molecule has 0 bridgehead atoms. The number of carbonyl (C=O) groups excluding carboxylic acids is 3. The predicted octanol–water partition coefficient (Wildman–Crippen LogP) is 1.52. The number of carboxylic acid groups (broad SMARTS) is 1. The van der Waals surface area contributed by atoms with E-state index in [9.17, 15) is 24.3 Å². The molecular formula is C21H25N5O6S2. The van der Waals surface area contributed by atoms with Crippen LogP contribution in [0.25, 0.3) is 5.57 Å². The lowest BCUT2D eigenvalue weighted by atomic mass is 9.99. The van der Waals surface area contributed by atoms with Crippen molar-refractivity contribution in [2.45, 2.75) is 43.5 Å². The van der Waals surface area contributed by atoms with E-state index in [2.05, 4.69) is 10.3 Å². The van der Waals surface area contributed by atoms with Gasteiger partial charge in [0.25, 0.3) is 11.8 Å². The zero-order valence-electron chi connectivity index (χ0n) is 18.2. The normalized spacial score (nSPS) is 22.9. The maximum Gasteiger partial charge on any atom is 0.404 e. The molecule has 4 rings (SSSR count). The van der Waals surface area contributed by atoms with E-state index < -0.39 is 35.3 Å². The summed E-state index contributed by atoms with van der Waals surface area (Å²) in [4.78, 5) is 54.2. The van der Waals surface area contributed by atoms with Gasteiger partial charge in [-0.05, 0) is 12.3 Å². The van der Waals surface area contributed by atoms with Gasteiger partial charge in [0.15, 0.2) is 5.13 Å². The van der Waals surface area contributed by atoms with E-state index in [1.807, 2.05) is 6.08 Å². The highest BCUT2D eigenvalue weighted by atomic mass is 32.2. The lowest BCUT2D eigenvalue weighted by Crippen LogP contribution is -2.70. The van der Waals surface area contributed by atoms with Crippen LogP contribution in [0.15, 0.2) is 22.7 Å². The highest BCUT2D eigenvalue weighted by molar-refractivity contribution is 8.00. The van der Waals surface area contributed by atoms with Gasteiger partial charge >= 0.3 is 12.1 Å². The molecule has 3 amide bonds. The van der Waals surface area contributed by atoms with Gasteiger partial charge in [0.1, 0.15) is 23.7 Å². The number of carboxylic acids is 1. The molecule has 1 aromatic rings. The van der Waals surface area contributed by atoms with Crippen molar-refractivity contribution >= 4 is 57.7 Å². The molecule has 182 valence electrons. The van der Waals surface area contributed by atoms with Crippen molar-refractivity contribution < 1.29 is 29.0 Å². The number of thiazole rings is 1. The molecule has 2 fully saturated rings. The van der Waals surface area contributed by atoms with Crippen molar-refractivity contribution in [3.8, 4) is 0 Å². The summed E-state index contributed by atoms with van der Waals surface area (Å²) >= 11 is 2.50. The number of hydrogen-bond acceptors (Lipinski definition) is 9. The maximum atomic E-state index is 13.2. The Morgan fingerprint density at radius 2 is 2.06 bits per heavy atom. The van der Waals surface area contributed by atoms with Gasteiger partial charge in [-0.25, -0.2) is 14.6 Å². The first-order valence-corrected chi connectivity index (χ1v) is 12.7. The Kier molecular flexibility index (Phi) is 7.12. The van der Waals surface area contributed by atoms with Gasteiger partial charge in [-0.1, -0.05) is 31.8 Å². The molecule has 0 aromatic carbocycles. The number of allylic oxidation sites excluding steroid dienone is 1. The first-order chi connectivity index (χ1) is 16.3. The van der Waals surface area contributed by atoms with Gasteiger partial charge in [0.05, 0.1) is 11.3 Å². The number of fused-ring (bicyclic) bond motifs is 1. The number of amides is 3. The first kappa shape index (κ1) is 24.1. The summed E-state index contributed by atoms with van der Waals surface area (Å²) < 4.78 is 4.72. The van der Waals surface area contributed by atoms with Crippen LogP contribution in [0.3, 0.4) is 0 Å². The largest absolute Gasteiger partial charge is 0.477 e. The Labute approximate surface area is 203 Å². The minimum atomic E-state index is -1.32. The van der Waals surface area contributed by atoms with Gasteiger partial charge in [-0.2, -0.15) is 0 Å². The highest BCUT2D eigenvalue weighted by Crippen LogP contribution is 2.40. The minimum Gasteiger partial charge on any atom is -0.477 e. The summed E-state index contributed by atoms with van der Waals surface area (Å²) in [5.41, 5.74) is 11.6. The van der Waals surface area contributed by atoms with Crippen LogP contribution in [-0.4, -0.2) is 62.6 Å². The van der Waals surface area contributed by atoms with Gasteiger partial charge in [-0.15, -0.1) is 23.1 Å². The number of nitrogens with two attached hydrogens (primary N) is 2. The molecule has 6 N–H and O–H groups in total. The number of nitrogens with one attached hydrogen (secondary N) is 1. The second-order valence-corrected chi connectivity index (χ2v) is 10.3. The number of aromatic nitrogens is 1. The molecule has 34 heavy (non-hydrogen) atoms. The molecule has 0 spiro atoms. The number of aliphatic carboxylic acids is 1. The Morgan fingerprint density at radius 3 is 2.68 bits per heavy atom. The summed E-state index contributed by atoms with van der Waals surface area (Å²) in [6.45, 7) is -0.323. The number of nitrogens with zero attached hydrogens (tertiary/aromatic N) is 2. The summed E-state index contributed by atoms with van der Waals surface area (Å²) in [6, 6.07) is -0.892. The third-order valence-corrected chi connectivity index (χ3v) is 8.11. The van der Waals surface area contributed by atoms with Crippen LogP contribution in [0.4, 0.5) is 9.93 Å². The lowest BCUT2D eigenvalue weighted by Gasteiger charge is -2.49. The van der Waals surface area contributed by atoms with E-state index in [1.165, 1.54) is 35.9 Å². The third kappa shape index (κ3) is 4.89. The number of hydrogen-bond donors (Lipinski definition) is 4. The second-order valence-electron chi connectivity index (χ2n) is 8.30. The second kappa shape index (κ2) is 10.1. The maximum absolute atomic E-state index is 13.2. The van der Waals surface area contributed by atoms with Crippen LogP contribution in [0.2, 0.25) is 0 Å². The molecular weight excluding hydrogens is 482 g/mol. The third-order valence-electron chi connectivity index (χ3n) is 6.10. The first-order valence-electron chi connectivity index (χ1n) is 10.8. The molecule has 1 aliphatic carbocycles. The van der Waals surface area contributed by atoms with E-state index >= 15 is 0 Å². The molecule has 1 aromatic heterocycles. The summed E-state index contributed by atoms with van der Waals surface area (Å²) in [5, 5.41) is 13.9. The Balaban J connectivity index is 1.50. The summed E-state index contributed by atoms with van der Waals surface area (Å²) in [7, 11) is 0. The monoisotopic (exact) mass is 507 g/mol. The van der Waals surface area contributed by atoms with Crippen LogP contribution in [-0.2, 0) is 19.1 Å². The number of anilines is 1. The fourth-order valence-electron chi connectivity index (χ4n) is 4.43. The standard InChI is InChI=1S/C21H25N5O6S2/c22-20-24-13(9-34-20)12(6-5-10-3-1-2-4-10)16(27)25-14-17(28)26-15(19(29)30)11(7-32-21(23)31)8-33-18(14)26/h6,9-10,14,18H,1-5,7-8H2,(H2,22,24)(H2,23,31)(H,25,27)(H,29,30)/b12-6-. The molecule has 2 unspecified atom stereocenters. The van der Waals surface area contributed by atoms with Crippen molar-refractivity contribution in [2.75, 3.05) is 18.1 Å². The number of thioether (sulfide) groups is 1. The topological polar surface area (TPSA) is 178 Å². The van der Waals surface area contributed by atoms with E-state index in [1.54, 1.807) is 5.38 Å². The van der Waals surface area contributed by atoms with Gasteiger partial charge in [-0.3, -0.25) is 14.5 Å². The van der Waals surface area contributed by atoms with Crippen molar-refractivity contribution in [1.29, 1.82) is 0 Å². The molecule has 13 heteroatoms. The van der Waals surface area contributed by atoms with Crippen LogP contribution in [0, 0.1) is 5.92 Å². The molecule has 3 aliphatic rings. The van der Waals surface area contributed by atoms with E-state index in [0.717, 1.165) is 24.2 Å². The van der Waals surface area contributed by atoms with Crippen LogP contribution in [0.1, 0.15) is 37.8 Å². The van der Waals surface area contributed by atoms with Crippen LogP contribution in [0.5, 0.6) is 0 Å². The van der Waals surface area contributed by atoms with Gasteiger partial charge in [0, 0.05) is 16.7 Å². The molecule has 2 aliphatic heterocycles. The SMILES string of the molecule is NC(=O)OCC1=C(C(=O)O)N2C(=O)C(NC(=O)/C(=C\CC3CCCC3)c3csc(N)n3)C2SC1. The van der Waals surface area contributed by atoms with Crippen molar-refractivity contribution in [3.63, 3.8) is 0 Å². The van der Waals surface area contributed by atoms with Gasteiger partial charge < -0.3 is 26.6 Å². The lowest BCUT2D eigenvalue weighted by molar-refractivity contribution is -0.150. The Hall–Kier alpha value is -3.06. The quantitative estimate of drug-likeness (QED) is 0.300. The summed E-state index contributed by atoms with van der Waals surface area (Å²) in [5.74, 6) is -1.60. The Bertz CT molecular complexity index is 1080. The predicted molar refractivity (Wildman–Crippen MR) is 126 cm³/mol. The van der Waals surface area contributed by atoms with Crippen LogP contribution >= 0.6 is 23.1 Å². The fourth-order valence-corrected chi connectivity index (χ4v) is 6.32. The van der Waals surface area contributed by atoms with E-state index in [4.69, 9.17) is 16.2 Å². The molecule has 1 saturated heterocycles.